The minimum atomic E-state index is -0.303. The van der Waals surface area contributed by atoms with Crippen molar-refractivity contribution in [3.8, 4) is 0 Å². The molecule has 0 saturated carbocycles. The second-order valence-electron chi connectivity index (χ2n) is 5.19. The van der Waals surface area contributed by atoms with Gasteiger partial charge in [-0.15, -0.1) is 0 Å². The summed E-state index contributed by atoms with van der Waals surface area (Å²) in [5.41, 5.74) is -0.199. The van der Waals surface area contributed by atoms with Crippen LogP contribution in [0.1, 0.15) is 19.8 Å². The minimum absolute atomic E-state index is 0.0117. The summed E-state index contributed by atoms with van der Waals surface area (Å²) in [6, 6.07) is 4.80. The van der Waals surface area contributed by atoms with E-state index in [4.69, 9.17) is 4.74 Å². The lowest BCUT2D eigenvalue weighted by Gasteiger charge is -2.31. The number of ether oxygens (including phenoxy) is 1. The average molecular weight is 307 g/mol. The van der Waals surface area contributed by atoms with Gasteiger partial charge in [-0.05, 0) is 25.8 Å². The van der Waals surface area contributed by atoms with Crippen LogP contribution in [0.25, 0.3) is 0 Å². The van der Waals surface area contributed by atoms with Gasteiger partial charge in [0.25, 0.3) is 5.56 Å². The molecule has 0 unspecified atom stereocenters. The average Bonchev–Trinajstić information content (AvgIpc) is 2.50. The van der Waals surface area contributed by atoms with E-state index in [2.05, 4.69) is 5.32 Å². The first-order valence-corrected chi connectivity index (χ1v) is 7.46. The first-order valence-electron chi connectivity index (χ1n) is 7.46. The highest BCUT2D eigenvalue weighted by atomic mass is 16.6. The molecule has 2 rings (SSSR count). The van der Waals surface area contributed by atoms with E-state index in [1.165, 1.54) is 10.6 Å². The highest BCUT2D eigenvalue weighted by Gasteiger charge is 2.24. The molecule has 1 aromatic heterocycles. The number of likely N-dealkylation sites (tertiary alicyclic amines) is 1. The highest BCUT2D eigenvalue weighted by molar-refractivity contribution is 5.76. The number of nitrogens with one attached hydrogen (secondary N) is 1. The van der Waals surface area contributed by atoms with Crippen molar-refractivity contribution in [1.82, 2.24) is 14.8 Å². The van der Waals surface area contributed by atoms with E-state index in [0.29, 0.717) is 32.5 Å². The molecule has 0 atom stereocenters. The number of nitrogens with zero attached hydrogens (tertiary/aromatic N) is 2. The number of aromatic nitrogens is 1. The van der Waals surface area contributed by atoms with Crippen LogP contribution in [0, 0.1) is 0 Å². The van der Waals surface area contributed by atoms with Gasteiger partial charge in [0.15, 0.2) is 0 Å². The SMILES string of the molecule is CCOC(=O)N1CCC(NC(=O)Cn2ccccc2=O)CC1. The van der Waals surface area contributed by atoms with E-state index in [1.54, 1.807) is 30.2 Å². The molecule has 0 aliphatic carbocycles. The molecular weight excluding hydrogens is 286 g/mol. The van der Waals surface area contributed by atoms with Gasteiger partial charge in [-0.1, -0.05) is 6.07 Å². The van der Waals surface area contributed by atoms with Crippen molar-refractivity contribution in [2.24, 2.45) is 0 Å². The Bertz CT molecular complexity index is 576. The second-order valence-corrected chi connectivity index (χ2v) is 5.19. The van der Waals surface area contributed by atoms with E-state index in [-0.39, 0.29) is 30.1 Å². The molecule has 2 amide bonds. The summed E-state index contributed by atoms with van der Waals surface area (Å²) in [4.78, 5) is 36.8. The fraction of sp³-hybridized carbons (Fsp3) is 0.533. The van der Waals surface area contributed by atoms with Crippen molar-refractivity contribution in [2.75, 3.05) is 19.7 Å². The van der Waals surface area contributed by atoms with Gasteiger partial charge in [0.1, 0.15) is 6.54 Å². The smallest absolute Gasteiger partial charge is 0.409 e. The zero-order valence-electron chi connectivity index (χ0n) is 12.7. The molecule has 1 aromatic rings. The van der Waals surface area contributed by atoms with Crippen LogP contribution in [0.5, 0.6) is 0 Å². The van der Waals surface area contributed by atoms with Crippen LogP contribution in [0.2, 0.25) is 0 Å². The summed E-state index contributed by atoms with van der Waals surface area (Å²) >= 11 is 0. The Morgan fingerprint density at radius 1 is 1.32 bits per heavy atom. The molecule has 1 saturated heterocycles. The monoisotopic (exact) mass is 307 g/mol. The van der Waals surface area contributed by atoms with Gasteiger partial charge in [-0.25, -0.2) is 4.79 Å². The normalized spacial score (nSPS) is 15.4. The molecule has 120 valence electrons. The Morgan fingerprint density at radius 3 is 2.68 bits per heavy atom. The Kier molecular flexibility index (Phi) is 5.57. The van der Waals surface area contributed by atoms with Crippen molar-refractivity contribution in [2.45, 2.75) is 32.4 Å². The Hall–Kier alpha value is -2.31. The largest absolute Gasteiger partial charge is 0.450 e. The topological polar surface area (TPSA) is 80.6 Å². The van der Waals surface area contributed by atoms with Gasteiger partial charge in [0, 0.05) is 31.4 Å². The summed E-state index contributed by atoms with van der Waals surface area (Å²) in [6.45, 7) is 3.28. The zero-order valence-corrected chi connectivity index (χ0v) is 12.7. The van der Waals surface area contributed by atoms with Crippen molar-refractivity contribution in [3.05, 3.63) is 34.7 Å². The number of carbonyl (C=O) groups is 2. The van der Waals surface area contributed by atoms with E-state index < -0.39 is 0 Å². The molecule has 0 bridgehead atoms. The first-order chi connectivity index (χ1) is 10.6. The Labute approximate surface area is 128 Å². The van der Waals surface area contributed by atoms with Crippen molar-refractivity contribution in [3.63, 3.8) is 0 Å². The van der Waals surface area contributed by atoms with Gasteiger partial charge in [0.2, 0.25) is 5.91 Å². The molecule has 22 heavy (non-hydrogen) atoms. The van der Waals surface area contributed by atoms with Crippen molar-refractivity contribution < 1.29 is 14.3 Å². The lowest BCUT2D eigenvalue weighted by atomic mass is 10.1. The standard InChI is InChI=1S/C15H21N3O4/c1-2-22-15(21)17-9-6-12(7-10-17)16-13(19)11-18-8-4-3-5-14(18)20/h3-5,8,12H,2,6-7,9-11H2,1H3,(H,16,19). The molecular formula is C15H21N3O4. The quantitative estimate of drug-likeness (QED) is 0.882. The summed E-state index contributed by atoms with van der Waals surface area (Å²) in [7, 11) is 0. The summed E-state index contributed by atoms with van der Waals surface area (Å²) in [5.74, 6) is -0.192. The number of hydrogen-bond donors (Lipinski definition) is 1. The van der Waals surface area contributed by atoms with Crippen LogP contribution in [-0.4, -0.2) is 47.2 Å². The van der Waals surface area contributed by atoms with Crippen molar-refractivity contribution >= 4 is 12.0 Å². The van der Waals surface area contributed by atoms with Crippen LogP contribution < -0.4 is 10.9 Å². The highest BCUT2D eigenvalue weighted by Crippen LogP contribution is 2.11. The maximum absolute atomic E-state index is 12.0. The third kappa shape index (κ3) is 4.34. The van der Waals surface area contributed by atoms with Crippen molar-refractivity contribution in [1.29, 1.82) is 0 Å². The van der Waals surface area contributed by atoms with E-state index in [9.17, 15) is 14.4 Å². The number of rotatable bonds is 4. The van der Waals surface area contributed by atoms with E-state index >= 15 is 0 Å². The first kappa shape index (κ1) is 16.1. The number of amides is 2. The Morgan fingerprint density at radius 2 is 2.05 bits per heavy atom. The fourth-order valence-corrected chi connectivity index (χ4v) is 2.44. The van der Waals surface area contributed by atoms with Crippen LogP contribution in [0.15, 0.2) is 29.2 Å². The van der Waals surface area contributed by atoms with E-state index in [1.807, 2.05) is 0 Å². The molecule has 1 aliphatic rings. The number of hydrogen-bond acceptors (Lipinski definition) is 4. The van der Waals surface area contributed by atoms with Gasteiger partial charge in [0.05, 0.1) is 6.61 Å². The van der Waals surface area contributed by atoms with Crippen LogP contribution in [0.4, 0.5) is 4.79 Å². The summed E-state index contributed by atoms with van der Waals surface area (Å²) in [5, 5.41) is 2.91. The summed E-state index contributed by atoms with van der Waals surface area (Å²) < 4.78 is 6.32. The molecule has 0 spiro atoms. The molecule has 1 N–H and O–H groups in total. The van der Waals surface area contributed by atoms with Gasteiger partial charge in [-0.3, -0.25) is 9.59 Å². The van der Waals surface area contributed by atoms with E-state index in [0.717, 1.165) is 0 Å². The third-order valence-electron chi connectivity index (χ3n) is 3.60. The van der Waals surface area contributed by atoms with Crippen LogP contribution in [0.3, 0.4) is 0 Å². The molecule has 0 radical (unpaired) electrons. The molecule has 1 fully saturated rings. The summed E-state index contributed by atoms with van der Waals surface area (Å²) in [6.07, 6.45) is 2.66. The molecule has 2 heterocycles. The number of piperidine rings is 1. The number of pyridine rings is 1. The van der Waals surface area contributed by atoms with Crippen LogP contribution >= 0.6 is 0 Å². The third-order valence-corrected chi connectivity index (χ3v) is 3.60. The van der Waals surface area contributed by atoms with Gasteiger partial charge in [-0.2, -0.15) is 0 Å². The predicted octanol–water partition coefficient (Wildman–Crippen LogP) is 0.585. The lowest BCUT2D eigenvalue weighted by molar-refractivity contribution is -0.122. The van der Waals surface area contributed by atoms with Crippen LogP contribution in [-0.2, 0) is 16.1 Å². The lowest BCUT2D eigenvalue weighted by Crippen LogP contribution is -2.47. The van der Waals surface area contributed by atoms with Gasteiger partial charge < -0.3 is 19.5 Å². The minimum Gasteiger partial charge on any atom is -0.450 e. The number of carbonyl (C=O) groups excluding carboxylic acids is 2. The predicted molar refractivity (Wildman–Crippen MR) is 80.5 cm³/mol. The zero-order chi connectivity index (χ0) is 15.9. The molecule has 7 heteroatoms. The molecule has 1 aliphatic heterocycles. The molecule has 7 nitrogen and oxygen atoms in total. The van der Waals surface area contributed by atoms with Gasteiger partial charge >= 0.3 is 6.09 Å². The maximum Gasteiger partial charge on any atom is 0.409 e. The fourth-order valence-electron chi connectivity index (χ4n) is 2.44. The molecule has 0 aromatic carbocycles. The Balaban J connectivity index is 1.78. The second kappa shape index (κ2) is 7.63. The maximum atomic E-state index is 12.0.